The summed E-state index contributed by atoms with van der Waals surface area (Å²) >= 11 is 0. The maximum atomic E-state index is 12.6. The predicted molar refractivity (Wildman–Crippen MR) is 88.3 cm³/mol. The summed E-state index contributed by atoms with van der Waals surface area (Å²) < 4.78 is 5.11. The molecule has 2 bridgehead atoms. The van der Waals surface area contributed by atoms with Gasteiger partial charge in [-0.2, -0.15) is 0 Å². The SMILES string of the molecule is CC(C)OC(=O)c1ccc(NC(=O)[C@@H]2[C@@H](C(=O)[O-])[C@H]3C=C[C@@H]2C3)cc1. The van der Waals surface area contributed by atoms with E-state index in [0.29, 0.717) is 17.7 Å². The van der Waals surface area contributed by atoms with Crippen molar-refractivity contribution in [3.8, 4) is 0 Å². The Balaban J connectivity index is 1.68. The van der Waals surface area contributed by atoms with Gasteiger partial charge in [-0.25, -0.2) is 4.79 Å². The van der Waals surface area contributed by atoms with Gasteiger partial charge < -0.3 is 20.0 Å². The van der Waals surface area contributed by atoms with Crippen molar-refractivity contribution in [1.82, 2.24) is 0 Å². The zero-order valence-electron chi connectivity index (χ0n) is 14.1. The Labute approximate surface area is 145 Å². The second-order valence-corrected chi connectivity index (χ2v) is 6.84. The molecule has 3 rings (SSSR count). The van der Waals surface area contributed by atoms with E-state index in [4.69, 9.17) is 4.74 Å². The topological polar surface area (TPSA) is 95.5 Å². The second kappa shape index (κ2) is 6.70. The molecule has 4 atom stereocenters. The van der Waals surface area contributed by atoms with Crippen molar-refractivity contribution in [2.75, 3.05) is 5.32 Å². The molecule has 1 aromatic carbocycles. The molecular weight excluding hydrogens is 322 g/mol. The van der Waals surface area contributed by atoms with Gasteiger partial charge in [-0.05, 0) is 56.4 Å². The molecule has 6 heteroatoms. The fourth-order valence-corrected chi connectivity index (χ4v) is 3.70. The molecule has 1 saturated carbocycles. The van der Waals surface area contributed by atoms with Crippen molar-refractivity contribution in [3.63, 3.8) is 0 Å². The van der Waals surface area contributed by atoms with Crippen LogP contribution >= 0.6 is 0 Å². The minimum absolute atomic E-state index is 0.0619. The zero-order chi connectivity index (χ0) is 18.1. The number of hydrogen-bond acceptors (Lipinski definition) is 5. The zero-order valence-corrected chi connectivity index (χ0v) is 14.1. The standard InChI is InChI=1S/C19H21NO5/c1-10(2)25-19(24)11-5-7-14(8-6-11)20-17(21)15-12-3-4-13(9-12)16(15)18(22)23/h3-8,10,12-13,15-16H,9H2,1-2H3,(H,20,21)(H,22,23)/p-1/t12-,13+,15+,16+/m1/s1. The second-order valence-electron chi connectivity index (χ2n) is 6.84. The van der Waals surface area contributed by atoms with Gasteiger partial charge in [-0.15, -0.1) is 0 Å². The van der Waals surface area contributed by atoms with Gasteiger partial charge in [0.1, 0.15) is 0 Å². The van der Waals surface area contributed by atoms with Crippen LogP contribution in [0.2, 0.25) is 0 Å². The monoisotopic (exact) mass is 342 g/mol. The summed E-state index contributed by atoms with van der Waals surface area (Å²) in [5.74, 6) is -3.52. The van der Waals surface area contributed by atoms with Gasteiger partial charge in [0.2, 0.25) is 5.91 Å². The van der Waals surface area contributed by atoms with E-state index in [-0.39, 0.29) is 23.8 Å². The maximum Gasteiger partial charge on any atom is 0.338 e. The summed E-state index contributed by atoms with van der Waals surface area (Å²) in [4.78, 5) is 35.8. The van der Waals surface area contributed by atoms with Crippen LogP contribution in [0.25, 0.3) is 0 Å². The fraction of sp³-hybridized carbons (Fsp3) is 0.421. The van der Waals surface area contributed by atoms with Crippen LogP contribution in [0, 0.1) is 23.7 Å². The molecule has 0 spiro atoms. The van der Waals surface area contributed by atoms with Gasteiger partial charge in [-0.3, -0.25) is 4.79 Å². The first kappa shape index (κ1) is 17.2. The normalized spacial score (nSPS) is 26.7. The maximum absolute atomic E-state index is 12.6. The Morgan fingerprint density at radius 2 is 1.68 bits per heavy atom. The number of amides is 1. The highest BCUT2D eigenvalue weighted by Crippen LogP contribution is 2.48. The minimum Gasteiger partial charge on any atom is -0.550 e. The number of anilines is 1. The summed E-state index contributed by atoms with van der Waals surface area (Å²) in [5, 5.41) is 14.1. The molecule has 0 unspecified atom stereocenters. The van der Waals surface area contributed by atoms with Crippen LogP contribution < -0.4 is 10.4 Å². The van der Waals surface area contributed by atoms with Crippen LogP contribution in [0.4, 0.5) is 5.69 Å². The van der Waals surface area contributed by atoms with E-state index in [9.17, 15) is 19.5 Å². The number of ether oxygens (including phenoxy) is 1. The number of carboxylic acids is 1. The largest absolute Gasteiger partial charge is 0.550 e. The lowest BCUT2D eigenvalue weighted by molar-refractivity contribution is -0.313. The van der Waals surface area contributed by atoms with Gasteiger partial charge in [0.05, 0.1) is 17.6 Å². The van der Waals surface area contributed by atoms with Gasteiger partial charge >= 0.3 is 5.97 Å². The summed E-state index contributed by atoms with van der Waals surface area (Å²) in [5.41, 5.74) is 0.900. The summed E-state index contributed by atoms with van der Waals surface area (Å²) in [6.07, 6.45) is 4.25. The van der Waals surface area contributed by atoms with E-state index in [1.807, 2.05) is 12.2 Å². The molecule has 2 aliphatic carbocycles. The molecule has 0 radical (unpaired) electrons. The molecule has 1 fully saturated rings. The molecule has 1 N–H and O–H groups in total. The molecule has 0 aromatic heterocycles. The van der Waals surface area contributed by atoms with Crippen molar-refractivity contribution in [2.45, 2.75) is 26.4 Å². The number of nitrogens with one attached hydrogen (secondary N) is 1. The van der Waals surface area contributed by atoms with Gasteiger partial charge in [-0.1, -0.05) is 12.2 Å². The number of hydrogen-bond donors (Lipinski definition) is 1. The van der Waals surface area contributed by atoms with Crippen molar-refractivity contribution in [1.29, 1.82) is 0 Å². The number of rotatable bonds is 5. The lowest BCUT2D eigenvalue weighted by atomic mass is 9.82. The van der Waals surface area contributed by atoms with E-state index >= 15 is 0 Å². The quantitative estimate of drug-likeness (QED) is 0.644. The van der Waals surface area contributed by atoms with E-state index in [1.165, 1.54) is 0 Å². The number of aliphatic carboxylic acids is 1. The third-order valence-corrected chi connectivity index (χ3v) is 4.77. The van der Waals surface area contributed by atoms with Crippen LogP contribution in [0.15, 0.2) is 36.4 Å². The van der Waals surface area contributed by atoms with Gasteiger partial charge in [0.25, 0.3) is 0 Å². The third kappa shape index (κ3) is 3.43. The van der Waals surface area contributed by atoms with E-state index in [0.717, 1.165) is 0 Å². The lowest BCUT2D eigenvalue weighted by Gasteiger charge is -2.27. The van der Waals surface area contributed by atoms with Crippen LogP contribution in [0.3, 0.4) is 0 Å². The van der Waals surface area contributed by atoms with E-state index in [1.54, 1.807) is 38.1 Å². The summed E-state index contributed by atoms with van der Waals surface area (Å²) in [7, 11) is 0. The summed E-state index contributed by atoms with van der Waals surface area (Å²) in [6, 6.07) is 6.34. The smallest absolute Gasteiger partial charge is 0.338 e. The van der Waals surface area contributed by atoms with Crippen LogP contribution in [0.1, 0.15) is 30.6 Å². The summed E-state index contributed by atoms with van der Waals surface area (Å²) in [6.45, 7) is 3.54. The number of allylic oxidation sites excluding steroid dienone is 2. The molecular formula is C19H20NO5-. The Hall–Kier alpha value is -2.63. The Morgan fingerprint density at radius 3 is 2.24 bits per heavy atom. The first-order valence-electron chi connectivity index (χ1n) is 8.38. The Kier molecular flexibility index (Phi) is 4.61. The van der Waals surface area contributed by atoms with Crippen LogP contribution in [-0.4, -0.2) is 23.9 Å². The van der Waals surface area contributed by atoms with Gasteiger partial charge in [0, 0.05) is 17.6 Å². The number of carbonyl (C=O) groups excluding carboxylic acids is 3. The molecule has 0 saturated heterocycles. The number of esters is 1. The molecule has 25 heavy (non-hydrogen) atoms. The number of benzene rings is 1. The fourth-order valence-electron chi connectivity index (χ4n) is 3.70. The lowest BCUT2D eigenvalue weighted by Crippen LogP contribution is -2.42. The van der Waals surface area contributed by atoms with E-state index in [2.05, 4.69) is 5.32 Å². The molecule has 1 aromatic rings. The van der Waals surface area contributed by atoms with E-state index < -0.39 is 23.8 Å². The molecule has 0 heterocycles. The first-order chi connectivity index (χ1) is 11.9. The molecule has 1 amide bonds. The highest BCUT2D eigenvalue weighted by molar-refractivity contribution is 5.97. The Morgan fingerprint density at radius 1 is 1.08 bits per heavy atom. The van der Waals surface area contributed by atoms with Crippen molar-refractivity contribution < 1.29 is 24.2 Å². The van der Waals surface area contributed by atoms with Gasteiger partial charge in [0.15, 0.2) is 0 Å². The average Bonchev–Trinajstić information content (AvgIpc) is 3.15. The predicted octanol–water partition coefficient (Wildman–Crippen LogP) is 1.38. The average molecular weight is 342 g/mol. The van der Waals surface area contributed by atoms with Crippen molar-refractivity contribution in [3.05, 3.63) is 42.0 Å². The molecule has 132 valence electrons. The number of carboxylic acid groups (broad SMARTS) is 1. The third-order valence-electron chi connectivity index (χ3n) is 4.77. The highest BCUT2D eigenvalue weighted by atomic mass is 16.5. The molecule has 2 aliphatic rings. The van der Waals surface area contributed by atoms with Crippen LogP contribution in [-0.2, 0) is 14.3 Å². The van der Waals surface area contributed by atoms with Crippen LogP contribution in [0.5, 0.6) is 0 Å². The van der Waals surface area contributed by atoms with Crippen molar-refractivity contribution >= 4 is 23.5 Å². The molecule has 6 nitrogen and oxygen atoms in total. The first-order valence-corrected chi connectivity index (χ1v) is 8.38. The number of fused-ring (bicyclic) bond motifs is 2. The van der Waals surface area contributed by atoms with Crippen molar-refractivity contribution in [2.24, 2.45) is 23.7 Å². The number of carbonyl (C=O) groups is 3. The Bertz CT molecular complexity index is 722. The highest BCUT2D eigenvalue weighted by Gasteiger charge is 2.48. The molecule has 0 aliphatic heterocycles. The minimum atomic E-state index is -1.18.